The lowest BCUT2D eigenvalue weighted by Crippen LogP contribution is -2.56. The topological polar surface area (TPSA) is 80.7 Å². The first-order valence-electron chi connectivity index (χ1n) is 14.0. The molecule has 5 aliphatic carbocycles. The molecule has 2 spiro atoms. The number of hydrogen-bond acceptors (Lipinski definition) is 5. The Morgan fingerprint density at radius 1 is 1.14 bits per heavy atom. The number of ketones is 2. The van der Waals surface area contributed by atoms with E-state index in [4.69, 9.17) is 4.74 Å². The third kappa shape index (κ3) is 3.20. The van der Waals surface area contributed by atoms with Crippen molar-refractivity contribution in [2.75, 3.05) is 0 Å². The zero-order valence-electron chi connectivity index (χ0n) is 23.1. The summed E-state index contributed by atoms with van der Waals surface area (Å²) in [5, 5.41) is 11.2. The Kier molecular flexibility index (Phi) is 5.84. The van der Waals surface area contributed by atoms with E-state index in [1.165, 1.54) is 13.0 Å². The van der Waals surface area contributed by atoms with Crippen LogP contribution in [0.3, 0.4) is 0 Å². The molecule has 0 aromatic heterocycles. The number of allylic oxidation sites excluding steroid dienone is 3. The maximum Gasteiger partial charge on any atom is 0.302 e. The first-order chi connectivity index (χ1) is 16.7. The van der Waals surface area contributed by atoms with Gasteiger partial charge in [-0.1, -0.05) is 39.3 Å². The van der Waals surface area contributed by atoms with Crippen LogP contribution in [-0.2, 0) is 19.1 Å². The van der Waals surface area contributed by atoms with Gasteiger partial charge >= 0.3 is 5.97 Å². The second kappa shape index (κ2) is 8.12. The highest BCUT2D eigenvalue weighted by molar-refractivity contribution is 5.94. The Hall–Kier alpha value is -1.75. The van der Waals surface area contributed by atoms with Crippen LogP contribution in [0.15, 0.2) is 23.8 Å². The summed E-state index contributed by atoms with van der Waals surface area (Å²) < 4.78 is 6.01. The number of ether oxygens (including phenoxy) is 1. The smallest absolute Gasteiger partial charge is 0.302 e. The van der Waals surface area contributed by atoms with Crippen molar-refractivity contribution in [3.8, 4) is 0 Å². The van der Waals surface area contributed by atoms with E-state index >= 15 is 0 Å². The van der Waals surface area contributed by atoms with E-state index < -0.39 is 6.10 Å². The molecular weight excluding hydrogens is 452 g/mol. The van der Waals surface area contributed by atoms with Gasteiger partial charge in [-0.15, -0.1) is 0 Å². The molecule has 0 radical (unpaired) electrons. The molecule has 5 heteroatoms. The van der Waals surface area contributed by atoms with Gasteiger partial charge < -0.3 is 9.84 Å². The summed E-state index contributed by atoms with van der Waals surface area (Å²) in [6.45, 7) is 14.0. The van der Waals surface area contributed by atoms with Crippen molar-refractivity contribution in [1.82, 2.24) is 0 Å². The minimum absolute atomic E-state index is 0.0728. The summed E-state index contributed by atoms with van der Waals surface area (Å²) in [4.78, 5) is 37.6. The molecule has 0 aromatic rings. The van der Waals surface area contributed by atoms with Gasteiger partial charge in [-0.2, -0.15) is 0 Å². The van der Waals surface area contributed by atoms with Gasteiger partial charge in [0.2, 0.25) is 0 Å². The zero-order valence-corrected chi connectivity index (χ0v) is 23.1. The molecular formula is C31H44O5. The van der Waals surface area contributed by atoms with E-state index in [1.807, 2.05) is 26.8 Å². The van der Waals surface area contributed by atoms with E-state index in [0.717, 1.165) is 44.1 Å². The van der Waals surface area contributed by atoms with Gasteiger partial charge in [-0.05, 0) is 104 Å². The third-order valence-electron chi connectivity index (χ3n) is 12.1. The molecule has 11 atom stereocenters. The number of aliphatic hydroxyl groups is 1. The average Bonchev–Trinajstić information content (AvgIpc) is 3.39. The fraction of sp³-hybridized carbons (Fsp3) is 0.774. The second-order valence-corrected chi connectivity index (χ2v) is 13.8. The predicted octanol–water partition coefficient (Wildman–Crippen LogP) is 5.45. The van der Waals surface area contributed by atoms with Gasteiger partial charge in [0.05, 0.1) is 0 Å². The van der Waals surface area contributed by atoms with Crippen molar-refractivity contribution in [1.29, 1.82) is 0 Å². The minimum atomic E-state index is -1.12. The molecule has 1 N–H and O–H groups in total. The Morgan fingerprint density at radius 3 is 2.47 bits per heavy atom. The summed E-state index contributed by atoms with van der Waals surface area (Å²) in [5.74, 6) is 0.306. The van der Waals surface area contributed by atoms with Crippen molar-refractivity contribution in [2.45, 2.75) is 99.2 Å². The molecule has 3 unspecified atom stereocenters. The summed E-state index contributed by atoms with van der Waals surface area (Å²) in [6, 6.07) is 0. The first-order valence-corrected chi connectivity index (χ1v) is 14.0. The number of carbonyl (C=O) groups excluding carboxylic acids is 3. The normalized spacial score (nSPS) is 48.0. The fourth-order valence-corrected chi connectivity index (χ4v) is 10.5. The second-order valence-electron chi connectivity index (χ2n) is 13.8. The summed E-state index contributed by atoms with van der Waals surface area (Å²) in [5.41, 5.74) is 0.980. The van der Waals surface area contributed by atoms with Crippen LogP contribution < -0.4 is 0 Å². The van der Waals surface area contributed by atoms with Gasteiger partial charge in [0.1, 0.15) is 12.2 Å². The molecule has 36 heavy (non-hydrogen) atoms. The number of esters is 1. The molecule has 0 bridgehead atoms. The molecule has 0 heterocycles. The molecule has 0 aromatic carbocycles. The molecule has 0 saturated heterocycles. The van der Waals surface area contributed by atoms with Crippen molar-refractivity contribution < 1.29 is 24.2 Å². The van der Waals surface area contributed by atoms with Gasteiger partial charge in [-0.3, -0.25) is 14.4 Å². The van der Waals surface area contributed by atoms with E-state index in [9.17, 15) is 19.5 Å². The summed E-state index contributed by atoms with van der Waals surface area (Å²) in [7, 11) is 0. The van der Waals surface area contributed by atoms with Crippen molar-refractivity contribution in [3.05, 3.63) is 23.8 Å². The van der Waals surface area contributed by atoms with Crippen LogP contribution in [0.4, 0.5) is 0 Å². The van der Waals surface area contributed by atoms with E-state index in [0.29, 0.717) is 11.8 Å². The molecule has 5 aliphatic rings. The number of aliphatic hydroxyl groups excluding tert-OH is 1. The van der Waals surface area contributed by atoms with Crippen LogP contribution in [0, 0.1) is 51.2 Å². The fourth-order valence-electron chi connectivity index (χ4n) is 10.5. The van der Waals surface area contributed by atoms with Crippen LogP contribution in [0.1, 0.15) is 87.0 Å². The number of rotatable bonds is 5. The molecule has 4 fully saturated rings. The van der Waals surface area contributed by atoms with E-state index in [2.05, 4.69) is 26.8 Å². The lowest BCUT2D eigenvalue weighted by molar-refractivity contribution is -0.154. The van der Waals surface area contributed by atoms with E-state index in [1.54, 1.807) is 0 Å². The summed E-state index contributed by atoms with van der Waals surface area (Å²) >= 11 is 0. The number of hydrogen-bond donors (Lipinski definition) is 1. The van der Waals surface area contributed by atoms with Gasteiger partial charge in [0, 0.05) is 18.8 Å². The predicted molar refractivity (Wildman–Crippen MR) is 138 cm³/mol. The molecule has 0 aliphatic heterocycles. The third-order valence-corrected chi connectivity index (χ3v) is 12.1. The molecule has 198 valence electrons. The SMILES string of the molecule is CC(=O)O[C@H]1C[C@@]2(C)[C@@H]3CC[C@H]4[C@H](C)C(=O)C=CC45CC35CC[C@]2(C)[C@H]1C(C)[C@@H](O)C(=O)C=C(C)C. The largest absolute Gasteiger partial charge is 0.462 e. The maximum atomic E-state index is 12.9. The minimum Gasteiger partial charge on any atom is -0.462 e. The lowest BCUT2D eigenvalue weighted by Gasteiger charge is -2.61. The zero-order chi connectivity index (χ0) is 26.4. The maximum absolute atomic E-state index is 12.9. The highest BCUT2D eigenvalue weighted by atomic mass is 16.5. The molecule has 5 nitrogen and oxygen atoms in total. The summed E-state index contributed by atoms with van der Waals surface area (Å²) in [6.07, 6.45) is 10.4. The average molecular weight is 497 g/mol. The Morgan fingerprint density at radius 2 is 1.83 bits per heavy atom. The Balaban J connectivity index is 1.53. The van der Waals surface area contributed by atoms with Crippen molar-refractivity contribution in [2.24, 2.45) is 51.2 Å². The molecule has 5 rings (SSSR count). The van der Waals surface area contributed by atoms with Crippen LogP contribution in [0.5, 0.6) is 0 Å². The van der Waals surface area contributed by atoms with E-state index in [-0.39, 0.29) is 63.1 Å². The van der Waals surface area contributed by atoms with Crippen LogP contribution in [0.25, 0.3) is 0 Å². The van der Waals surface area contributed by atoms with Crippen molar-refractivity contribution in [3.63, 3.8) is 0 Å². The molecule has 4 saturated carbocycles. The number of carbonyl (C=O) groups is 3. The van der Waals surface area contributed by atoms with Crippen molar-refractivity contribution >= 4 is 17.5 Å². The standard InChI is InChI=1S/C31H44O5/c1-17(2)14-23(34)27(35)19(4)26-24(36-20(5)32)15-29(7)25-9-8-21-18(3)22(33)10-11-30(21)16-31(25,30)13-12-28(26,29)6/h10-11,14,18-19,21,24-27,35H,8-9,12-13,15-16H2,1-7H3/t18-,19?,21-,24-,25-,26-,27+,28+,29-,30?,31?/m0/s1. The quantitative estimate of drug-likeness (QED) is 0.404. The van der Waals surface area contributed by atoms with Gasteiger partial charge in [0.15, 0.2) is 11.6 Å². The first kappa shape index (κ1) is 25.9. The lowest BCUT2D eigenvalue weighted by atomic mass is 9.43. The number of fused-ring (bicyclic) bond motifs is 2. The highest BCUT2D eigenvalue weighted by Gasteiger charge is 2.81. The highest BCUT2D eigenvalue weighted by Crippen LogP contribution is 2.87. The molecule has 0 amide bonds. The van der Waals surface area contributed by atoms with Gasteiger partial charge in [0.25, 0.3) is 0 Å². The van der Waals surface area contributed by atoms with Gasteiger partial charge in [-0.25, -0.2) is 0 Å². The van der Waals surface area contributed by atoms with Crippen LogP contribution >= 0.6 is 0 Å². The monoisotopic (exact) mass is 496 g/mol. The Labute approximate surface area is 216 Å². The van der Waals surface area contributed by atoms with Crippen LogP contribution in [-0.4, -0.2) is 34.9 Å². The Bertz CT molecular complexity index is 1050. The van der Waals surface area contributed by atoms with Crippen LogP contribution in [0.2, 0.25) is 0 Å².